The predicted molar refractivity (Wildman–Crippen MR) is 98.2 cm³/mol. The van der Waals surface area contributed by atoms with Gasteiger partial charge < -0.3 is 14.6 Å². The molecular formula is C19H17N5O3. The number of carbonyl (C=O) groups excluding carboxylic acids is 1. The second-order valence-electron chi connectivity index (χ2n) is 5.99. The summed E-state index contributed by atoms with van der Waals surface area (Å²) in [5.74, 6) is 1.10. The highest BCUT2D eigenvalue weighted by Crippen LogP contribution is 2.24. The van der Waals surface area contributed by atoms with Crippen molar-refractivity contribution in [2.24, 2.45) is 7.05 Å². The summed E-state index contributed by atoms with van der Waals surface area (Å²) in [6.45, 7) is 0.246. The first-order valence-electron chi connectivity index (χ1n) is 8.30. The monoisotopic (exact) mass is 363 g/mol. The van der Waals surface area contributed by atoms with E-state index in [0.717, 1.165) is 22.3 Å². The Morgan fingerprint density at radius 1 is 1.26 bits per heavy atom. The van der Waals surface area contributed by atoms with Crippen LogP contribution in [0.15, 0.2) is 53.3 Å². The molecular weight excluding hydrogens is 346 g/mol. The van der Waals surface area contributed by atoms with E-state index < -0.39 is 0 Å². The Balaban J connectivity index is 1.46. The molecule has 136 valence electrons. The molecule has 27 heavy (non-hydrogen) atoms. The zero-order chi connectivity index (χ0) is 18.8. The lowest BCUT2D eigenvalue weighted by Crippen LogP contribution is -2.23. The van der Waals surface area contributed by atoms with Gasteiger partial charge in [-0.3, -0.25) is 14.5 Å². The SMILES string of the molecule is COc1cccc(-c2cc(CNC(=O)c3cnc4cnn(C)c4c3)no2)c1. The van der Waals surface area contributed by atoms with Gasteiger partial charge in [-0.1, -0.05) is 17.3 Å². The normalized spacial score (nSPS) is 10.9. The molecule has 0 bridgehead atoms. The second kappa shape index (κ2) is 6.91. The highest BCUT2D eigenvalue weighted by molar-refractivity contribution is 5.96. The van der Waals surface area contributed by atoms with Crippen molar-refractivity contribution in [3.63, 3.8) is 0 Å². The van der Waals surface area contributed by atoms with Gasteiger partial charge in [-0.05, 0) is 18.2 Å². The highest BCUT2D eigenvalue weighted by atomic mass is 16.5. The topological polar surface area (TPSA) is 95.1 Å². The minimum Gasteiger partial charge on any atom is -0.497 e. The van der Waals surface area contributed by atoms with Crippen molar-refractivity contribution >= 4 is 16.9 Å². The Morgan fingerprint density at radius 2 is 2.15 bits per heavy atom. The first-order valence-corrected chi connectivity index (χ1v) is 8.30. The number of hydrogen-bond acceptors (Lipinski definition) is 6. The molecule has 0 aliphatic heterocycles. The van der Waals surface area contributed by atoms with Gasteiger partial charge in [0.15, 0.2) is 5.76 Å². The third kappa shape index (κ3) is 3.37. The molecule has 0 radical (unpaired) electrons. The summed E-state index contributed by atoms with van der Waals surface area (Å²) in [6, 6.07) is 11.0. The number of hydrogen-bond donors (Lipinski definition) is 1. The van der Waals surface area contributed by atoms with Crippen LogP contribution in [0.5, 0.6) is 5.75 Å². The smallest absolute Gasteiger partial charge is 0.253 e. The second-order valence-corrected chi connectivity index (χ2v) is 5.99. The molecule has 0 unspecified atom stereocenters. The first kappa shape index (κ1) is 16.8. The number of nitrogens with one attached hydrogen (secondary N) is 1. The maximum Gasteiger partial charge on any atom is 0.253 e. The molecule has 1 N–H and O–H groups in total. The molecule has 3 heterocycles. The van der Waals surface area contributed by atoms with E-state index in [1.54, 1.807) is 37.2 Å². The molecule has 0 atom stereocenters. The number of aromatic nitrogens is 4. The van der Waals surface area contributed by atoms with Crippen molar-refractivity contribution in [3.8, 4) is 17.1 Å². The Labute approximate surface area is 154 Å². The number of carbonyl (C=O) groups is 1. The molecule has 8 nitrogen and oxygen atoms in total. The average Bonchev–Trinajstić information content (AvgIpc) is 3.33. The van der Waals surface area contributed by atoms with E-state index >= 15 is 0 Å². The molecule has 0 aliphatic carbocycles. The lowest BCUT2D eigenvalue weighted by atomic mass is 10.1. The predicted octanol–water partition coefficient (Wildman–Crippen LogP) is 2.56. The summed E-state index contributed by atoms with van der Waals surface area (Å²) in [5, 5.41) is 11.0. The number of rotatable bonds is 5. The average molecular weight is 363 g/mol. The van der Waals surface area contributed by atoms with Crippen molar-refractivity contribution in [1.29, 1.82) is 0 Å². The summed E-state index contributed by atoms with van der Waals surface area (Å²) in [7, 11) is 3.42. The zero-order valence-electron chi connectivity index (χ0n) is 14.8. The van der Waals surface area contributed by atoms with Gasteiger partial charge in [-0.25, -0.2) is 0 Å². The highest BCUT2D eigenvalue weighted by Gasteiger charge is 2.12. The maximum absolute atomic E-state index is 12.4. The van der Waals surface area contributed by atoms with E-state index in [9.17, 15) is 4.79 Å². The van der Waals surface area contributed by atoms with Gasteiger partial charge in [0.25, 0.3) is 5.91 Å². The molecule has 4 rings (SSSR count). The first-order chi connectivity index (χ1) is 13.1. The third-order valence-corrected chi connectivity index (χ3v) is 4.20. The van der Waals surface area contributed by atoms with E-state index in [0.29, 0.717) is 17.0 Å². The van der Waals surface area contributed by atoms with Gasteiger partial charge in [0.05, 0.1) is 30.9 Å². The summed E-state index contributed by atoms with van der Waals surface area (Å²) >= 11 is 0. The third-order valence-electron chi connectivity index (χ3n) is 4.20. The number of pyridine rings is 1. The summed E-state index contributed by atoms with van der Waals surface area (Å²) in [4.78, 5) is 16.6. The van der Waals surface area contributed by atoms with Crippen LogP contribution in [0.1, 0.15) is 16.1 Å². The van der Waals surface area contributed by atoms with E-state index in [1.165, 1.54) is 6.20 Å². The fraction of sp³-hybridized carbons (Fsp3) is 0.158. The summed E-state index contributed by atoms with van der Waals surface area (Å²) < 4.78 is 12.3. The molecule has 0 saturated carbocycles. The van der Waals surface area contributed by atoms with Crippen LogP contribution in [-0.2, 0) is 13.6 Å². The number of nitrogens with zero attached hydrogens (tertiary/aromatic N) is 4. The van der Waals surface area contributed by atoms with Gasteiger partial charge >= 0.3 is 0 Å². The van der Waals surface area contributed by atoms with Gasteiger partial charge in [0.2, 0.25) is 0 Å². The van der Waals surface area contributed by atoms with E-state index in [2.05, 4.69) is 20.6 Å². The Kier molecular flexibility index (Phi) is 4.29. The molecule has 0 spiro atoms. The van der Waals surface area contributed by atoms with Crippen molar-refractivity contribution in [2.75, 3.05) is 7.11 Å². The van der Waals surface area contributed by atoms with Crippen LogP contribution < -0.4 is 10.1 Å². The van der Waals surface area contributed by atoms with Crippen LogP contribution in [0.3, 0.4) is 0 Å². The van der Waals surface area contributed by atoms with Crippen LogP contribution in [-0.4, -0.2) is 32.9 Å². The molecule has 8 heteroatoms. The fourth-order valence-electron chi connectivity index (χ4n) is 2.73. The van der Waals surface area contributed by atoms with Gasteiger partial charge in [0, 0.05) is 24.9 Å². The number of amides is 1. The minimum absolute atomic E-state index is 0.239. The van der Waals surface area contributed by atoms with Gasteiger partial charge in [0.1, 0.15) is 17.0 Å². The van der Waals surface area contributed by atoms with Crippen LogP contribution in [0, 0.1) is 0 Å². The van der Waals surface area contributed by atoms with E-state index in [-0.39, 0.29) is 12.5 Å². The van der Waals surface area contributed by atoms with Crippen molar-refractivity contribution in [2.45, 2.75) is 6.54 Å². The molecule has 4 aromatic rings. The van der Waals surface area contributed by atoms with Gasteiger partial charge in [-0.15, -0.1) is 0 Å². The fourth-order valence-corrected chi connectivity index (χ4v) is 2.73. The van der Waals surface area contributed by atoms with E-state index in [1.807, 2.05) is 24.3 Å². The molecule has 3 aromatic heterocycles. The van der Waals surface area contributed by atoms with E-state index in [4.69, 9.17) is 9.26 Å². The lowest BCUT2D eigenvalue weighted by molar-refractivity contribution is 0.0950. The number of ether oxygens (including phenoxy) is 1. The lowest BCUT2D eigenvalue weighted by Gasteiger charge is -2.03. The number of benzene rings is 1. The molecule has 0 fully saturated rings. The van der Waals surface area contributed by atoms with Crippen LogP contribution in [0.4, 0.5) is 0 Å². The quantitative estimate of drug-likeness (QED) is 0.585. The van der Waals surface area contributed by atoms with Crippen LogP contribution in [0.2, 0.25) is 0 Å². The zero-order valence-corrected chi connectivity index (χ0v) is 14.8. The van der Waals surface area contributed by atoms with Crippen molar-refractivity contribution in [3.05, 3.63) is 60.0 Å². The largest absolute Gasteiger partial charge is 0.497 e. The summed E-state index contributed by atoms with van der Waals surface area (Å²) in [5.41, 5.74) is 3.47. The van der Waals surface area contributed by atoms with Crippen molar-refractivity contribution in [1.82, 2.24) is 25.2 Å². The van der Waals surface area contributed by atoms with Crippen LogP contribution in [0.25, 0.3) is 22.4 Å². The van der Waals surface area contributed by atoms with Crippen molar-refractivity contribution < 1.29 is 14.1 Å². The molecule has 0 aliphatic rings. The Morgan fingerprint density at radius 3 is 3.00 bits per heavy atom. The van der Waals surface area contributed by atoms with Gasteiger partial charge in [-0.2, -0.15) is 5.10 Å². The number of fused-ring (bicyclic) bond motifs is 1. The number of aryl methyl sites for hydroxylation is 1. The number of methoxy groups -OCH3 is 1. The standard InChI is InChI=1S/C19H17N5O3/c1-24-17-7-13(9-20-16(17)11-22-24)19(25)21-10-14-8-18(27-23-14)12-4-3-5-15(6-12)26-2/h3-9,11H,10H2,1-2H3,(H,21,25). The molecule has 1 amide bonds. The Hall–Kier alpha value is -3.68. The molecule has 1 aromatic carbocycles. The van der Waals surface area contributed by atoms with Crippen LogP contribution >= 0.6 is 0 Å². The Bertz CT molecular complexity index is 1120. The summed E-state index contributed by atoms with van der Waals surface area (Å²) in [6.07, 6.45) is 3.19. The maximum atomic E-state index is 12.4. The minimum atomic E-state index is -0.239. The molecule has 0 saturated heterocycles.